The van der Waals surface area contributed by atoms with Crippen LogP contribution in [0.25, 0.3) is 5.69 Å². The summed E-state index contributed by atoms with van der Waals surface area (Å²) in [6.07, 6.45) is 4.74. The zero-order valence-corrected chi connectivity index (χ0v) is 12.6. The number of rotatable bonds is 5. The molecule has 0 unspecified atom stereocenters. The Morgan fingerprint density at radius 2 is 2.00 bits per heavy atom. The Kier molecular flexibility index (Phi) is 4.13. The summed E-state index contributed by atoms with van der Waals surface area (Å²) >= 11 is 0. The van der Waals surface area contributed by atoms with E-state index in [1.807, 2.05) is 6.92 Å². The van der Waals surface area contributed by atoms with Crippen LogP contribution in [-0.4, -0.2) is 32.1 Å². The normalized spacial score (nSPS) is 10.6. The highest BCUT2D eigenvalue weighted by Gasteiger charge is 2.08. The molecule has 3 rings (SSSR count). The SMILES string of the molecule is COc1cnc(OCc2cn(-c3ccc(F)cc3C)nn2)nc1. The summed E-state index contributed by atoms with van der Waals surface area (Å²) < 4.78 is 25.1. The van der Waals surface area contributed by atoms with Crippen LogP contribution in [0.4, 0.5) is 4.39 Å². The van der Waals surface area contributed by atoms with Gasteiger partial charge in [-0.2, -0.15) is 9.97 Å². The minimum atomic E-state index is -0.286. The van der Waals surface area contributed by atoms with E-state index >= 15 is 0 Å². The van der Waals surface area contributed by atoms with Crippen LogP contribution >= 0.6 is 0 Å². The van der Waals surface area contributed by atoms with Crippen LogP contribution in [0.5, 0.6) is 11.8 Å². The maximum atomic E-state index is 13.1. The van der Waals surface area contributed by atoms with Crippen LogP contribution < -0.4 is 9.47 Å². The van der Waals surface area contributed by atoms with E-state index < -0.39 is 0 Å². The minimum absolute atomic E-state index is 0.173. The van der Waals surface area contributed by atoms with Gasteiger partial charge >= 0.3 is 6.01 Å². The van der Waals surface area contributed by atoms with Gasteiger partial charge in [0.05, 0.1) is 31.4 Å². The summed E-state index contributed by atoms with van der Waals surface area (Å²) in [5.41, 5.74) is 2.12. The Morgan fingerprint density at radius 3 is 2.70 bits per heavy atom. The van der Waals surface area contributed by atoms with E-state index in [9.17, 15) is 4.39 Å². The zero-order valence-electron chi connectivity index (χ0n) is 12.6. The molecule has 0 amide bonds. The summed E-state index contributed by atoms with van der Waals surface area (Å²) in [4.78, 5) is 8.00. The molecule has 1 aromatic carbocycles. The Bertz CT molecular complexity index is 804. The van der Waals surface area contributed by atoms with Crippen molar-refractivity contribution in [3.05, 3.63) is 53.9 Å². The van der Waals surface area contributed by atoms with E-state index in [-0.39, 0.29) is 18.4 Å². The van der Waals surface area contributed by atoms with Crippen molar-refractivity contribution in [2.24, 2.45) is 0 Å². The molecule has 8 heteroatoms. The monoisotopic (exact) mass is 315 g/mol. The second kappa shape index (κ2) is 6.39. The van der Waals surface area contributed by atoms with Crippen molar-refractivity contribution < 1.29 is 13.9 Å². The van der Waals surface area contributed by atoms with Crippen molar-refractivity contribution in [3.63, 3.8) is 0 Å². The zero-order chi connectivity index (χ0) is 16.2. The van der Waals surface area contributed by atoms with Crippen molar-refractivity contribution in [1.29, 1.82) is 0 Å². The van der Waals surface area contributed by atoms with Crippen molar-refractivity contribution >= 4 is 0 Å². The molecule has 7 nitrogen and oxygen atoms in total. The van der Waals surface area contributed by atoms with E-state index in [4.69, 9.17) is 9.47 Å². The molecule has 0 aliphatic rings. The number of aromatic nitrogens is 5. The van der Waals surface area contributed by atoms with Gasteiger partial charge in [0.1, 0.15) is 18.1 Å². The first-order chi connectivity index (χ1) is 11.2. The van der Waals surface area contributed by atoms with Gasteiger partial charge in [-0.25, -0.2) is 9.07 Å². The van der Waals surface area contributed by atoms with Crippen LogP contribution in [0.3, 0.4) is 0 Å². The molecular weight excluding hydrogens is 301 g/mol. The third kappa shape index (κ3) is 3.42. The Labute approximate surface area is 131 Å². The van der Waals surface area contributed by atoms with Crippen molar-refractivity contribution in [1.82, 2.24) is 25.0 Å². The molecule has 0 saturated heterocycles. The van der Waals surface area contributed by atoms with Gasteiger partial charge in [-0.1, -0.05) is 5.21 Å². The highest BCUT2D eigenvalue weighted by Crippen LogP contribution is 2.15. The molecule has 0 radical (unpaired) electrons. The largest absolute Gasteiger partial charge is 0.494 e. The molecule has 0 atom stereocenters. The summed E-state index contributed by atoms with van der Waals surface area (Å²) in [6.45, 7) is 1.98. The summed E-state index contributed by atoms with van der Waals surface area (Å²) in [6, 6.07) is 4.69. The van der Waals surface area contributed by atoms with Crippen molar-refractivity contribution in [2.45, 2.75) is 13.5 Å². The highest BCUT2D eigenvalue weighted by atomic mass is 19.1. The number of ether oxygens (including phenoxy) is 2. The van der Waals surface area contributed by atoms with E-state index in [1.54, 1.807) is 16.9 Å². The number of hydrogen-bond donors (Lipinski definition) is 0. The van der Waals surface area contributed by atoms with Gasteiger partial charge in [-0.15, -0.1) is 5.10 Å². The smallest absolute Gasteiger partial charge is 0.316 e. The summed E-state index contributed by atoms with van der Waals surface area (Å²) in [7, 11) is 1.54. The Balaban J connectivity index is 1.69. The molecule has 2 heterocycles. The molecular formula is C15H14FN5O2. The van der Waals surface area contributed by atoms with Crippen LogP contribution in [0.15, 0.2) is 36.8 Å². The lowest BCUT2D eigenvalue weighted by molar-refractivity contribution is 0.274. The molecule has 3 aromatic rings. The number of benzene rings is 1. The Morgan fingerprint density at radius 1 is 1.22 bits per heavy atom. The number of nitrogens with zero attached hydrogens (tertiary/aromatic N) is 5. The lowest BCUT2D eigenvalue weighted by Gasteiger charge is -2.04. The number of hydrogen-bond acceptors (Lipinski definition) is 6. The van der Waals surface area contributed by atoms with Gasteiger partial charge in [0.15, 0.2) is 5.75 Å². The molecule has 0 fully saturated rings. The molecule has 2 aromatic heterocycles. The maximum Gasteiger partial charge on any atom is 0.316 e. The number of aryl methyl sites for hydroxylation is 1. The van der Waals surface area contributed by atoms with Gasteiger partial charge in [0, 0.05) is 0 Å². The number of methoxy groups -OCH3 is 1. The van der Waals surface area contributed by atoms with Crippen LogP contribution in [-0.2, 0) is 6.61 Å². The fraction of sp³-hybridized carbons (Fsp3) is 0.200. The van der Waals surface area contributed by atoms with Gasteiger partial charge in [0.25, 0.3) is 0 Å². The summed E-state index contributed by atoms with van der Waals surface area (Å²) in [5.74, 6) is 0.265. The minimum Gasteiger partial charge on any atom is -0.494 e. The molecule has 0 spiro atoms. The Hall–Kier alpha value is -3.03. The first-order valence-corrected chi connectivity index (χ1v) is 6.82. The van der Waals surface area contributed by atoms with E-state index in [0.717, 1.165) is 11.3 Å². The predicted octanol–water partition coefficient (Wildman–Crippen LogP) is 2.09. The van der Waals surface area contributed by atoms with Crippen LogP contribution in [0, 0.1) is 12.7 Å². The molecule has 0 aliphatic carbocycles. The molecule has 118 valence electrons. The summed E-state index contributed by atoms with van der Waals surface area (Å²) in [5, 5.41) is 8.04. The second-order valence-electron chi connectivity index (χ2n) is 4.78. The van der Waals surface area contributed by atoms with Gasteiger partial charge in [-0.3, -0.25) is 0 Å². The quantitative estimate of drug-likeness (QED) is 0.718. The fourth-order valence-corrected chi connectivity index (χ4v) is 1.98. The van der Waals surface area contributed by atoms with Gasteiger partial charge in [-0.05, 0) is 30.7 Å². The third-order valence-corrected chi connectivity index (χ3v) is 3.14. The predicted molar refractivity (Wildman–Crippen MR) is 79.0 cm³/mol. The second-order valence-corrected chi connectivity index (χ2v) is 4.78. The first kappa shape index (κ1) is 14.9. The third-order valence-electron chi connectivity index (χ3n) is 3.14. The van der Waals surface area contributed by atoms with Crippen LogP contribution in [0.2, 0.25) is 0 Å². The van der Waals surface area contributed by atoms with E-state index in [1.165, 1.54) is 31.6 Å². The molecule has 23 heavy (non-hydrogen) atoms. The average Bonchev–Trinajstić information content (AvgIpc) is 3.02. The van der Waals surface area contributed by atoms with E-state index in [2.05, 4.69) is 20.3 Å². The standard InChI is InChI=1S/C15H14FN5O2/c1-10-5-11(16)3-4-14(10)21-8-12(19-20-21)9-23-15-17-6-13(22-2)7-18-15/h3-8H,9H2,1-2H3. The highest BCUT2D eigenvalue weighted by molar-refractivity contribution is 5.39. The molecule has 0 aliphatic heterocycles. The van der Waals surface area contributed by atoms with Crippen LogP contribution in [0.1, 0.15) is 11.3 Å². The maximum absolute atomic E-state index is 13.1. The lowest BCUT2D eigenvalue weighted by atomic mass is 10.2. The molecule has 0 N–H and O–H groups in total. The van der Waals surface area contributed by atoms with Gasteiger partial charge in [0.2, 0.25) is 0 Å². The number of halogens is 1. The molecule has 0 bridgehead atoms. The van der Waals surface area contributed by atoms with Gasteiger partial charge < -0.3 is 9.47 Å². The van der Waals surface area contributed by atoms with E-state index in [0.29, 0.717) is 11.4 Å². The van der Waals surface area contributed by atoms with Crippen molar-refractivity contribution in [2.75, 3.05) is 7.11 Å². The topological polar surface area (TPSA) is 75.0 Å². The lowest BCUT2D eigenvalue weighted by Crippen LogP contribution is -2.00. The first-order valence-electron chi connectivity index (χ1n) is 6.82. The molecule has 0 saturated carbocycles. The average molecular weight is 315 g/mol. The fourth-order valence-electron chi connectivity index (χ4n) is 1.98. The van der Waals surface area contributed by atoms with Crippen molar-refractivity contribution in [3.8, 4) is 17.4 Å².